The second kappa shape index (κ2) is 12.2. The standard InChI is InChI=1S/C28H40F3N5O5Si/c1-27(2,3)41-26(38)34-11-8-20(9-12-34)40-24-21-17-35(16-19(21)7-10-32-24)22-15-33-36(18-39-13-14-42(4,5)6)25(37)23(22)28(29,30)31/h7,10,15,20H,8-9,11-14,16-18H2,1-6H3. The number of amides is 1. The van der Waals surface area contributed by atoms with E-state index in [0.717, 1.165) is 22.5 Å². The molecule has 0 atom stereocenters. The van der Waals surface area contributed by atoms with Crippen LogP contribution in [-0.4, -0.2) is 65.2 Å². The first-order valence-corrected chi connectivity index (χ1v) is 17.8. The largest absolute Gasteiger partial charge is 0.474 e. The number of piperidine rings is 1. The minimum Gasteiger partial charge on any atom is -0.474 e. The summed E-state index contributed by atoms with van der Waals surface area (Å²) in [5.41, 5.74) is -1.96. The Hall–Kier alpha value is -3.13. The summed E-state index contributed by atoms with van der Waals surface area (Å²) in [4.78, 5) is 32.8. The van der Waals surface area contributed by atoms with Crippen LogP contribution >= 0.6 is 0 Å². The Balaban J connectivity index is 1.46. The minimum atomic E-state index is -4.89. The van der Waals surface area contributed by atoms with E-state index in [1.807, 2.05) is 20.8 Å². The van der Waals surface area contributed by atoms with Gasteiger partial charge in [-0.15, -0.1) is 0 Å². The summed E-state index contributed by atoms with van der Waals surface area (Å²) in [7, 11) is -1.40. The maximum absolute atomic E-state index is 14.2. The van der Waals surface area contributed by atoms with E-state index in [1.165, 1.54) is 4.90 Å². The van der Waals surface area contributed by atoms with Crippen LogP contribution in [-0.2, 0) is 35.5 Å². The predicted octanol–water partition coefficient (Wildman–Crippen LogP) is 5.27. The van der Waals surface area contributed by atoms with Gasteiger partial charge in [0.2, 0.25) is 5.88 Å². The Labute approximate surface area is 244 Å². The van der Waals surface area contributed by atoms with Crippen molar-refractivity contribution in [3.05, 3.63) is 45.5 Å². The highest BCUT2D eigenvalue weighted by Crippen LogP contribution is 2.39. The lowest BCUT2D eigenvalue weighted by atomic mass is 10.1. The van der Waals surface area contributed by atoms with Crippen LogP contribution in [0.15, 0.2) is 23.3 Å². The van der Waals surface area contributed by atoms with Gasteiger partial charge in [0.1, 0.15) is 24.0 Å². The number of carbonyl (C=O) groups excluding carboxylic acids is 1. The van der Waals surface area contributed by atoms with Gasteiger partial charge in [0.05, 0.1) is 11.9 Å². The van der Waals surface area contributed by atoms with Crippen LogP contribution in [0.2, 0.25) is 25.7 Å². The van der Waals surface area contributed by atoms with Crippen molar-refractivity contribution in [2.75, 3.05) is 24.6 Å². The molecule has 42 heavy (non-hydrogen) atoms. The maximum Gasteiger partial charge on any atom is 0.423 e. The summed E-state index contributed by atoms with van der Waals surface area (Å²) in [6.07, 6.45) is -1.70. The molecule has 0 spiro atoms. The number of ether oxygens (including phenoxy) is 3. The average molecular weight is 612 g/mol. The summed E-state index contributed by atoms with van der Waals surface area (Å²) >= 11 is 0. The third kappa shape index (κ3) is 8.03. The van der Waals surface area contributed by atoms with Crippen LogP contribution in [0.25, 0.3) is 0 Å². The van der Waals surface area contributed by atoms with Gasteiger partial charge in [0.15, 0.2) is 0 Å². The smallest absolute Gasteiger partial charge is 0.423 e. The Kier molecular flexibility index (Phi) is 9.26. The Morgan fingerprint density at radius 3 is 2.43 bits per heavy atom. The number of fused-ring (bicyclic) bond motifs is 1. The summed E-state index contributed by atoms with van der Waals surface area (Å²) in [6.45, 7) is 13.1. The molecule has 1 fully saturated rings. The molecule has 0 bridgehead atoms. The lowest BCUT2D eigenvalue weighted by Crippen LogP contribution is -2.44. The zero-order valence-corrected chi connectivity index (χ0v) is 26.1. The van der Waals surface area contributed by atoms with Gasteiger partial charge in [-0.25, -0.2) is 14.5 Å². The zero-order valence-electron chi connectivity index (χ0n) is 25.1. The van der Waals surface area contributed by atoms with E-state index in [-0.39, 0.29) is 37.7 Å². The van der Waals surface area contributed by atoms with Crippen LogP contribution in [0.3, 0.4) is 0 Å². The molecule has 4 rings (SSSR count). The van der Waals surface area contributed by atoms with E-state index in [9.17, 15) is 22.8 Å². The molecular weight excluding hydrogens is 571 g/mol. The van der Waals surface area contributed by atoms with Gasteiger partial charge in [-0.3, -0.25) is 4.79 Å². The van der Waals surface area contributed by atoms with E-state index >= 15 is 0 Å². The summed E-state index contributed by atoms with van der Waals surface area (Å²) in [5, 5.41) is 4.01. The quantitative estimate of drug-likeness (QED) is 0.294. The number of nitrogens with zero attached hydrogens (tertiary/aromatic N) is 5. The number of rotatable bonds is 8. The van der Waals surface area contributed by atoms with E-state index in [2.05, 4.69) is 29.7 Å². The molecule has 14 heteroatoms. The van der Waals surface area contributed by atoms with Crippen LogP contribution < -0.4 is 15.2 Å². The Bertz CT molecular complexity index is 1330. The third-order valence-corrected chi connectivity index (χ3v) is 8.76. The fraction of sp³-hybridized carbons (Fsp3) is 0.643. The van der Waals surface area contributed by atoms with Gasteiger partial charge < -0.3 is 24.0 Å². The molecule has 4 heterocycles. The van der Waals surface area contributed by atoms with Crippen molar-refractivity contribution in [2.24, 2.45) is 0 Å². The van der Waals surface area contributed by atoms with Crippen LogP contribution in [0, 0.1) is 0 Å². The highest BCUT2D eigenvalue weighted by molar-refractivity contribution is 6.76. The first-order chi connectivity index (χ1) is 19.5. The number of alkyl halides is 3. The Morgan fingerprint density at radius 1 is 1.12 bits per heavy atom. The third-order valence-electron chi connectivity index (χ3n) is 7.05. The normalized spacial score (nSPS) is 16.5. The van der Waals surface area contributed by atoms with E-state index < -0.39 is 31.0 Å². The van der Waals surface area contributed by atoms with E-state index in [0.29, 0.717) is 44.0 Å². The van der Waals surface area contributed by atoms with Crippen LogP contribution in [0.5, 0.6) is 5.88 Å². The SMILES string of the molecule is CC(C)(C)OC(=O)N1CCC(Oc2nccc3c2CN(c2cnn(COCC[Si](C)(C)C)c(=O)c2C(F)(F)F)C3)CC1. The number of anilines is 1. The van der Waals surface area contributed by atoms with E-state index in [1.54, 1.807) is 17.2 Å². The molecule has 0 N–H and O–H groups in total. The van der Waals surface area contributed by atoms with Crippen LogP contribution in [0.4, 0.5) is 23.7 Å². The number of pyridine rings is 1. The molecule has 0 aromatic carbocycles. The lowest BCUT2D eigenvalue weighted by Gasteiger charge is -2.33. The molecular formula is C28H40F3N5O5Si. The molecule has 0 unspecified atom stereocenters. The molecule has 0 saturated carbocycles. The van der Waals surface area contributed by atoms with Crippen molar-refractivity contribution in [3.8, 4) is 5.88 Å². The van der Waals surface area contributed by atoms with Gasteiger partial charge >= 0.3 is 12.3 Å². The van der Waals surface area contributed by atoms with Gasteiger partial charge in [0.25, 0.3) is 5.56 Å². The lowest BCUT2D eigenvalue weighted by molar-refractivity contribution is -0.138. The van der Waals surface area contributed by atoms with Gasteiger partial charge in [-0.05, 0) is 38.4 Å². The molecule has 0 aliphatic carbocycles. The summed E-state index contributed by atoms with van der Waals surface area (Å²) < 4.78 is 60.5. The second-order valence-electron chi connectivity index (χ2n) is 12.9. The molecule has 2 aromatic rings. The first kappa shape index (κ1) is 31.8. The number of carbonyl (C=O) groups is 1. The number of hydrogen-bond donors (Lipinski definition) is 0. The fourth-order valence-electron chi connectivity index (χ4n) is 4.80. The molecule has 1 amide bonds. The predicted molar refractivity (Wildman–Crippen MR) is 153 cm³/mol. The second-order valence-corrected chi connectivity index (χ2v) is 18.6. The number of likely N-dealkylation sites (tertiary alicyclic amines) is 1. The minimum absolute atomic E-state index is 0.0795. The van der Waals surface area contributed by atoms with Crippen molar-refractivity contribution in [1.82, 2.24) is 19.7 Å². The topological polar surface area (TPSA) is 99.0 Å². The van der Waals surface area contributed by atoms with Crippen molar-refractivity contribution >= 4 is 19.9 Å². The molecule has 2 aromatic heterocycles. The zero-order chi connectivity index (χ0) is 30.9. The molecule has 232 valence electrons. The number of aromatic nitrogens is 3. The molecule has 2 aliphatic heterocycles. The molecule has 10 nitrogen and oxygen atoms in total. The number of halogens is 3. The van der Waals surface area contributed by atoms with Crippen molar-refractivity contribution in [2.45, 2.75) is 97.0 Å². The molecule has 0 radical (unpaired) electrons. The first-order valence-electron chi connectivity index (χ1n) is 14.1. The van der Waals surface area contributed by atoms with Crippen molar-refractivity contribution in [1.29, 1.82) is 0 Å². The summed E-state index contributed by atoms with van der Waals surface area (Å²) in [5.74, 6) is 0.344. The average Bonchev–Trinajstić information content (AvgIpc) is 3.30. The highest BCUT2D eigenvalue weighted by Gasteiger charge is 2.41. The summed E-state index contributed by atoms with van der Waals surface area (Å²) in [6, 6.07) is 2.56. The van der Waals surface area contributed by atoms with Gasteiger partial charge in [-0.2, -0.15) is 18.3 Å². The van der Waals surface area contributed by atoms with Crippen LogP contribution in [0.1, 0.15) is 50.3 Å². The fourth-order valence-corrected chi connectivity index (χ4v) is 5.56. The Morgan fingerprint density at radius 2 is 1.81 bits per heavy atom. The van der Waals surface area contributed by atoms with Gasteiger partial charge in [-0.1, -0.05) is 19.6 Å². The van der Waals surface area contributed by atoms with Crippen molar-refractivity contribution in [3.63, 3.8) is 0 Å². The molecule has 1 saturated heterocycles. The highest BCUT2D eigenvalue weighted by atomic mass is 28.3. The molecule has 2 aliphatic rings. The van der Waals surface area contributed by atoms with E-state index in [4.69, 9.17) is 14.2 Å². The number of hydrogen-bond acceptors (Lipinski definition) is 8. The van der Waals surface area contributed by atoms with Crippen molar-refractivity contribution < 1.29 is 32.2 Å². The van der Waals surface area contributed by atoms with Gasteiger partial charge in [0, 0.05) is 65.5 Å². The maximum atomic E-state index is 14.2. The monoisotopic (exact) mass is 611 g/mol.